The third kappa shape index (κ3) is 15.6. The summed E-state index contributed by atoms with van der Waals surface area (Å²) in [4.78, 5) is 0.237. The van der Waals surface area contributed by atoms with Crippen LogP contribution in [-0.2, 0) is 29.5 Å². The molecular formula is C70H54O14S3. The fraction of sp³-hybridized carbons (Fsp3) is 0.0857. The van der Waals surface area contributed by atoms with Crippen molar-refractivity contribution in [2.45, 2.75) is 68.3 Å². The molecular weight excluding hydrogens is 1160 g/mol. The summed E-state index contributed by atoms with van der Waals surface area (Å²) >= 11 is 0. The second-order valence-corrected chi connectivity index (χ2v) is 26.4. The predicted octanol–water partition coefficient (Wildman–Crippen LogP) is 15.2. The molecule has 0 saturated heterocycles. The molecule has 0 bridgehead atoms. The summed E-state index contributed by atoms with van der Waals surface area (Å²) < 4.78 is 118. The Morgan fingerprint density at radius 2 is 0.563 bits per heavy atom. The fourth-order valence-electron chi connectivity index (χ4n) is 8.24. The lowest BCUT2D eigenvalue weighted by molar-refractivity contribution is 0.143. The van der Waals surface area contributed by atoms with Gasteiger partial charge in [-0.25, -0.2) is 25.3 Å². The van der Waals surface area contributed by atoms with Gasteiger partial charge in [0.25, 0.3) is 0 Å². The van der Waals surface area contributed by atoms with Crippen LogP contribution < -0.4 is 28.4 Å². The number of hydrogen-bond acceptors (Lipinski definition) is 14. The van der Waals surface area contributed by atoms with E-state index < -0.39 is 40.7 Å². The summed E-state index contributed by atoms with van der Waals surface area (Å²) in [5.74, 6) is 16.1. The van der Waals surface area contributed by atoms with Gasteiger partial charge in [-0.15, -0.1) is 0 Å². The van der Waals surface area contributed by atoms with Gasteiger partial charge in [0.05, 0.1) is 24.5 Å². The van der Waals surface area contributed by atoms with E-state index in [0.29, 0.717) is 74.4 Å². The maximum absolute atomic E-state index is 14.0. The van der Waals surface area contributed by atoms with Crippen LogP contribution in [0.5, 0.6) is 69.0 Å². The van der Waals surface area contributed by atoms with E-state index in [2.05, 4.69) is 23.7 Å². The molecule has 0 aliphatic rings. The molecule has 0 amide bonds. The Balaban J connectivity index is 0.700. The second-order valence-electron chi connectivity index (χ2n) is 20.5. The third-order valence-electron chi connectivity index (χ3n) is 12.6. The number of hydrogen-bond donors (Lipinski definition) is 2. The van der Waals surface area contributed by atoms with Crippen molar-refractivity contribution in [1.82, 2.24) is 0 Å². The Morgan fingerprint density at radius 3 is 0.908 bits per heavy atom. The van der Waals surface area contributed by atoms with E-state index >= 15 is 0 Å². The van der Waals surface area contributed by atoms with E-state index in [9.17, 15) is 35.5 Å². The van der Waals surface area contributed by atoms with E-state index in [1.807, 2.05) is 0 Å². The van der Waals surface area contributed by atoms with Crippen molar-refractivity contribution in [3.05, 3.63) is 254 Å². The average Bonchev–Trinajstić information content (AvgIpc) is 2.10. The monoisotopic (exact) mass is 1210 g/mol. The highest BCUT2D eigenvalue weighted by atomic mass is 32.2. The van der Waals surface area contributed by atoms with Gasteiger partial charge < -0.3 is 38.6 Å². The SMILES string of the molecule is CC(C)(O)C#Cc1ccc(Oc2ccc(S(=O)(=O)c3ccc(Oc4ccc(Oc5ccccc5S(=O)(=O)c5ccc(Oc6ccc(Oc7ccc(S(=O)(=O)c8ccc(Oc9cccc(C#CC(C)(C)O)c9)cc8)cc7)cc6)cc5)cc4)cc3)cc2)cc1. The minimum Gasteiger partial charge on any atom is -0.457 e. The van der Waals surface area contributed by atoms with Crippen molar-refractivity contribution < 1.29 is 63.9 Å². The molecule has 10 aromatic rings. The van der Waals surface area contributed by atoms with Gasteiger partial charge in [-0.1, -0.05) is 41.9 Å². The Morgan fingerprint density at radius 1 is 0.287 bits per heavy atom. The van der Waals surface area contributed by atoms with Crippen LogP contribution >= 0.6 is 0 Å². The minimum absolute atomic E-state index is 0.00577. The average molecular weight is 1220 g/mol. The number of benzene rings is 10. The fourth-order valence-corrected chi connectivity index (χ4v) is 12.1. The molecule has 0 fully saturated rings. The number of ether oxygens (including phenoxy) is 6. The van der Waals surface area contributed by atoms with Crippen LogP contribution in [0, 0.1) is 23.7 Å². The van der Waals surface area contributed by atoms with Crippen molar-refractivity contribution in [1.29, 1.82) is 0 Å². The van der Waals surface area contributed by atoms with Crippen LogP contribution in [0.25, 0.3) is 0 Å². The van der Waals surface area contributed by atoms with Crippen LogP contribution in [0.1, 0.15) is 38.8 Å². The molecule has 10 aromatic carbocycles. The van der Waals surface area contributed by atoms with Crippen molar-refractivity contribution in [2.24, 2.45) is 0 Å². The molecule has 2 N–H and O–H groups in total. The molecule has 0 aliphatic carbocycles. The zero-order chi connectivity index (χ0) is 61.4. The first-order chi connectivity index (χ1) is 41.5. The first-order valence-electron chi connectivity index (χ1n) is 26.8. The predicted molar refractivity (Wildman–Crippen MR) is 328 cm³/mol. The molecule has 17 heteroatoms. The lowest BCUT2D eigenvalue weighted by Gasteiger charge is -2.13. The molecule has 87 heavy (non-hydrogen) atoms. The summed E-state index contributed by atoms with van der Waals surface area (Å²) in [6.45, 7) is 6.39. The van der Waals surface area contributed by atoms with Gasteiger partial charge in [0.1, 0.15) is 85.1 Å². The molecule has 0 radical (unpaired) electrons. The highest BCUT2D eigenvalue weighted by molar-refractivity contribution is 7.92. The van der Waals surface area contributed by atoms with E-state index in [1.54, 1.807) is 204 Å². The summed E-state index contributed by atoms with van der Waals surface area (Å²) in [5.41, 5.74) is -0.896. The summed E-state index contributed by atoms with van der Waals surface area (Å²) in [7, 11) is -11.8. The van der Waals surface area contributed by atoms with E-state index in [0.717, 1.165) is 0 Å². The van der Waals surface area contributed by atoms with Crippen molar-refractivity contribution in [2.75, 3.05) is 0 Å². The molecule has 14 nitrogen and oxygen atoms in total. The van der Waals surface area contributed by atoms with Crippen molar-refractivity contribution in [3.63, 3.8) is 0 Å². The van der Waals surface area contributed by atoms with Crippen LogP contribution in [0.4, 0.5) is 0 Å². The maximum atomic E-state index is 14.0. The standard InChI is InChI=1S/C70H54O14S3/c1-69(2,71)46-44-49-12-14-51(15-13-49)79-55-24-34-62(35-25-55)85(73,74)63-38-28-57(29-39-63)82-54-20-22-60(23-21-54)84-67-10-5-6-11-68(67)87(77,78)66-42-32-58(33-43-66)81-53-18-16-52(17-19-53)80-56-26-36-64(37-27-56)86(75,76)65-40-30-59(31-41-65)83-61-9-7-8-50(48-61)45-47-70(3,4)72/h5-43,48,71-72H,1-4H3. The highest BCUT2D eigenvalue weighted by Crippen LogP contribution is 2.37. The third-order valence-corrected chi connectivity index (χ3v) is 18.0. The van der Waals surface area contributed by atoms with Gasteiger partial charge in [-0.2, -0.15) is 0 Å². The van der Waals surface area contributed by atoms with Crippen LogP contribution in [0.3, 0.4) is 0 Å². The van der Waals surface area contributed by atoms with E-state index in [-0.39, 0.29) is 35.1 Å². The first kappa shape index (κ1) is 60.0. The Bertz CT molecular complexity index is 4560. The largest absolute Gasteiger partial charge is 0.457 e. The molecule has 0 aliphatic heterocycles. The quantitative estimate of drug-likeness (QED) is 0.0769. The van der Waals surface area contributed by atoms with Crippen molar-refractivity contribution >= 4 is 29.5 Å². The lowest BCUT2D eigenvalue weighted by atomic mass is 10.1. The first-order valence-corrected chi connectivity index (χ1v) is 31.3. The van der Waals surface area contributed by atoms with Gasteiger partial charge in [-0.3, -0.25) is 0 Å². The van der Waals surface area contributed by atoms with Crippen LogP contribution in [0.15, 0.2) is 272 Å². The van der Waals surface area contributed by atoms with E-state index in [1.165, 1.54) is 66.7 Å². The van der Waals surface area contributed by atoms with Crippen molar-refractivity contribution in [3.8, 4) is 92.7 Å². The van der Waals surface area contributed by atoms with E-state index in [4.69, 9.17) is 28.4 Å². The molecule has 0 heterocycles. The molecule has 0 unspecified atom stereocenters. The van der Waals surface area contributed by atoms with Gasteiger partial charge in [-0.05, 0) is 252 Å². The Kier molecular flexibility index (Phi) is 17.4. The normalized spacial score (nSPS) is 11.7. The van der Waals surface area contributed by atoms with Crippen LogP contribution in [0.2, 0.25) is 0 Å². The minimum atomic E-state index is -4.08. The molecule has 0 aromatic heterocycles. The topological polar surface area (TPSA) is 198 Å². The highest BCUT2D eigenvalue weighted by Gasteiger charge is 2.24. The summed E-state index contributed by atoms with van der Waals surface area (Å²) in [6.07, 6.45) is 0. The Hall–Kier alpha value is -10.1. The second kappa shape index (κ2) is 25.2. The zero-order valence-corrected chi connectivity index (χ0v) is 49.6. The number of rotatable bonds is 18. The van der Waals surface area contributed by atoms with Crippen LogP contribution in [-0.4, -0.2) is 46.7 Å². The maximum Gasteiger partial charge on any atom is 0.210 e. The molecule has 436 valence electrons. The lowest BCUT2D eigenvalue weighted by Crippen LogP contribution is -2.14. The van der Waals surface area contributed by atoms with Gasteiger partial charge in [0, 0.05) is 11.1 Å². The van der Waals surface area contributed by atoms with Gasteiger partial charge in [0.15, 0.2) is 0 Å². The summed E-state index contributed by atoms with van der Waals surface area (Å²) in [5, 5.41) is 19.8. The smallest absolute Gasteiger partial charge is 0.210 e. The Labute approximate surface area is 505 Å². The number of sulfone groups is 3. The van der Waals surface area contributed by atoms with Gasteiger partial charge >= 0.3 is 0 Å². The molecule has 10 rings (SSSR count). The zero-order valence-electron chi connectivity index (χ0n) is 47.1. The molecule has 0 saturated carbocycles. The molecule has 0 spiro atoms. The number of para-hydroxylation sites is 1. The molecule has 0 atom stereocenters. The number of aliphatic hydroxyl groups is 2. The summed E-state index contributed by atoms with van der Waals surface area (Å²) in [6, 6.07) is 63.7. The van der Waals surface area contributed by atoms with Gasteiger partial charge in [0.2, 0.25) is 29.5 Å².